The molecule has 0 radical (unpaired) electrons. The van der Waals surface area contributed by atoms with Gasteiger partial charge in [0, 0.05) is 5.70 Å². The second-order valence-corrected chi connectivity index (χ2v) is 5.45. The molecular formula is C15H14Cl2N2O3. The number of carbonyl (C=O) groups is 2. The highest BCUT2D eigenvalue weighted by Crippen LogP contribution is 2.31. The fraction of sp³-hybridized carbons (Fsp3) is 0.200. The van der Waals surface area contributed by atoms with E-state index in [-0.39, 0.29) is 6.61 Å². The average Bonchev–Trinajstić information content (AvgIpc) is 2.46. The lowest BCUT2D eigenvalue weighted by molar-refractivity contribution is -0.138. The van der Waals surface area contributed by atoms with E-state index < -0.39 is 18.0 Å². The molecule has 0 unspecified atom stereocenters. The van der Waals surface area contributed by atoms with E-state index in [1.165, 1.54) is 6.08 Å². The van der Waals surface area contributed by atoms with Gasteiger partial charge in [0.2, 0.25) is 0 Å². The number of halogens is 2. The van der Waals surface area contributed by atoms with Crippen molar-refractivity contribution in [3.63, 3.8) is 0 Å². The topological polar surface area (TPSA) is 67.4 Å². The molecule has 2 rings (SSSR count). The summed E-state index contributed by atoms with van der Waals surface area (Å²) in [6.45, 7) is 5.21. The van der Waals surface area contributed by atoms with Crippen LogP contribution in [0.15, 0.2) is 42.1 Å². The minimum absolute atomic E-state index is 0.0810. The van der Waals surface area contributed by atoms with E-state index in [0.717, 1.165) is 0 Å². The van der Waals surface area contributed by atoms with Crippen LogP contribution in [0.25, 0.3) is 0 Å². The van der Waals surface area contributed by atoms with Gasteiger partial charge in [0.15, 0.2) is 0 Å². The van der Waals surface area contributed by atoms with Crippen molar-refractivity contribution in [2.24, 2.45) is 0 Å². The van der Waals surface area contributed by atoms with Gasteiger partial charge in [-0.1, -0.05) is 41.9 Å². The predicted octanol–water partition coefficient (Wildman–Crippen LogP) is 3.35. The molecule has 0 fully saturated rings. The maximum absolute atomic E-state index is 12.2. The lowest BCUT2D eigenvalue weighted by Crippen LogP contribution is -2.45. The molecule has 0 aromatic heterocycles. The zero-order valence-corrected chi connectivity index (χ0v) is 13.3. The summed E-state index contributed by atoms with van der Waals surface area (Å²) in [6, 6.07) is 3.83. The highest BCUT2D eigenvalue weighted by atomic mass is 35.5. The summed E-state index contributed by atoms with van der Waals surface area (Å²) >= 11 is 11.9. The number of hydrogen-bond acceptors (Lipinski definition) is 3. The summed E-state index contributed by atoms with van der Waals surface area (Å²) in [5.74, 6) is -0.541. The van der Waals surface area contributed by atoms with Crippen LogP contribution < -0.4 is 10.6 Å². The zero-order valence-electron chi connectivity index (χ0n) is 11.8. The molecule has 0 saturated heterocycles. The second kappa shape index (κ2) is 6.85. The van der Waals surface area contributed by atoms with Gasteiger partial charge in [-0.3, -0.25) is 0 Å². The smallest absolute Gasteiger partial charge is 0.338 e. The Morgan fingerprint density at radius 1 is 1.41 bits per heavy atom. The Labute approximate surface area is 137 Å². The molecule has 2 amide bonds. The fourth-order valence-corrected chi connectivity index (χ4v) is 2.43. The molecule has 0 saturated carbocycles. The van der Waals surface area contributed by atoms with E-state index in [1.807, 2.05) is 0 Å². The van der Waals surface area contributed by atoms with Gasteiger partial charge in [-0.2, -0.15) is 0 Å². The summed E-state index contributed by atoms with van der Waals surface area (Å²) in [6.07, 6.45) is 1.47. The molecule has 0 bridgehead atoms. The van der Waals surface area contributed by atoms with Gasteiger partial charge in [0.25, 0.3) is 0 Å². The number of hydrogen-bond donors (Lipinski definition) is 2. The molecule has 1 aliphatic heterocycles. The van der Waals surface area contributed by atoms with Crippen molar-refractivity contribution in [2.45, 2.75) is 13.0 Å². The highest BCUT2D eigenvalue weighted by molar-refractivity contribution is 6.42. The molecule has 1 atom stereocenters. The lowest BCUT2D eigenvalue weighted by atomic mass is 9.95. The van der Waals surface area contributed by atoms with Gasteiger partial charge in [0.1, 0.15) is 6.61 Å². The van der Waals surface area contributed by atoms with E-state index in [4.69, 9.17) is 27.9 Å². The first-order chi connectivity index (χ1) is 10.4. The average molecular weight is 341 g/mol. The number of ether oxygens (including phenoxy) is 1. The maximum atomic E-state index is 12.2. The van der Waals surface area contributed by atoms with Gasteiger partial charge in [-0.05, 0) is 24.6 Å². The number of benzene rings is 1. The van der Waals surface area contributed by atoms with Gasteiger partial charge in [0.05, 0.1) is 21.7 Å². The van der Waals surface area contributed by atoms with Gasteiger partial charge >= 0.3 is 12.0 Å². The standard InChI is InChI=1S/C15H14Cl2N2O3/c1-3-6-22-14(20)12-8(2)18-15(21)19-13(12)9-4-5-10(16)11(17)7-9/h3-5,7,13H,1,6H2,2H3,(H2,18,19,21)/t13-/m0/s1. The molecule has 22 heavy (non-hydrogen) atoms. The lowest BCUT2D eigenvalue weighted by Gasteiger charge is -2.28. The Hall–Kier alpha value is -1.98. The third-order valence-electron chi connectivity index (χ3n) is 3.10. The number of allylic oxidation sites excluding steroid dienone is 1. The fourth-order valence-electron chi connectivity index (χ4n) is 2.12. The van der Waals surface area contributed by atoms with Crippen molar-refractivity contribution in [1.82, 2.24) is 10.6 Å². The monoisotopic (exact) mass is 340 g/mol. The molecule has 1 aromatic rings. The van der Waals surface area contributed by atoms with Crippen molar-refractivity contribution < 1.29 is 14.3 Å². The van der Waals surface area contributed by atoms with E-state index >= 15 is 0 Å². The molecular weight excluding hydrogens is 327 g/mol. The Bertz CT molecular complexity index is 671. The van der Waals surface area contributed by atoms with Crippen LogP contribution in [0.3, 0.4) is 0 Å². The zero-order chi connectivity index (χ0) is 16.3. The summed E-state index contributed by atoms with van der Waals surface area (Å²) in [4.78, 5) is 23.9. The molecule has 7 heteroatoms. The van der Waals surface area contributed by atoms with Crippen LogP contribution in [-0.4, -0.2) is 18.6 Å². The number of rotatable bonds is 4. The molecule has 2 N–H and O–H groups in total. The molecule has 1 heterocycles. The van der Waals surface area contributed by atoms with E-state index in [1.54, 1.807) is 25.1 Å². The summed E-state index contributed by atoms with van der Waals surface area (Å²) in [5.41, 5.74) is 1.36. The molecule has 116 valence electrons. The summed E-state index contributed by atoms with van der Waals surface area (Å²) in [7, 11) is 0. The van der Waals surface area contributed by atoms with Crippen LogP contribution in [0.1, 0.15) is 18.5 Å². The summed E-state index contributed by atoms with van der Waals surface area (Å²) in [5, 5.41) is 5.96. The minimum atomic E-state index is -0.666. The van der Waals surface area contributed by atoms with Crippen molar-refractivity contribution >= 4 is 35.2 Å². The quantitative estimate of drug-likeness (QED) is 0.652. The highest BCUT2D eigenvalue weighted by Gasteiger charge is 2.32. The SMILES string of the molecule is C=CCOC(=O)C1=C(C)NC(=O)N[C@H]1c1ccc(Cl)c(Cl)c1. The third-order valence-corrected chi connectivity index (χ3v) is 3.84. The van der Waals surface area contributed by atoms with Crippen LogP contribution in [0.2, 0.25) is 10.0 Å². The van der Waals surface area contributed by atoms with Crippen molar-refractivity contribution in [3.05, 3.63) is 57.7 Å². The molecule has 5 nitrogen and oxygen atoms in total. The van der Waals surface area contributed by atoms with Gasteiger partial charge < -0.3 is 15.4 Å². The molecule has 0 spiro atoms. The van der Waals surface area contributed by atoms with Crippen LogP contribution >= 0.6 is 23.2 Å². The van der Waals surface area contributed by atoms with E-state index in [9.17, 15) is 9.59 Å². The van der Waals surface area contributed by atoms with Gasteiger partial charge in [-0.25, -0.2) is 9.59 Å². The Kier molecular flexibility index (Phi) is 5.11. The Morgan fingerprint density at radius 3 is 2.77 bits per heavy atom. The number of nitrogens with one attached hydrogen (secondary N) is 2. The first kappa shape index (κ1) is 16.4. The van der Waals surface area contributed by atoms with E-state index in [2.05, 4.69) is 17.2 Å². The molecule has 1 aliphatic rings. The summed E-state index contributed by atoms with van der Waals surface area (Å²) < 4.78 is 5.08. The van der Waals surface area contributed by atoms with Crippen molar-refractivity contribution in [3.8, 4) is 0 Å². The molecule has 0 aliphatic carbocycles. The Morgan fingerprint density at radius 2 is 2.14 bits per heavy atom. The van der Waals surface area contributed by atoms with Crippen molar-refractivity contribution in [2.75, 3.05) is 6.61 Å². The number of carbonyl (C=O) groups excluding carboxylic acids is 2. The number of amides is 2. The van der Waals surface area contributed by atoms with Crippen LogP contribution in [0, 0.1) is 0 Å². The number of urea groups is 1. The van der Waals surface area contributed by atoms with Gasteiger partial charge in [-0.15, -0.1) is 0 Å². The van der Waals surface area contributed by atoms with Crippen LogP contribution in [0.4, 0.5) is 4.79 Å². The minimum Gasteiger partial charge on any atom is -0.458 e. The number of esters is 1. The van der Waals surface area contributed by atoms with Crippen LogP contribution in [-0.2, 0) is 9.53 Å². The first-order valence-electron chi connectivity index (χ1n) is 6.45. The van der Waals surface area contributed by atoms with Crippen LogP contribution in [0.5, 0.6) is 0 Å². The first-order valence-corrected chi connectivity index (χ1v) is 7.21. The normalized spacial score (nSPS) is 17.6. The Balaban J connectivity index is 2.42. The van der Waals surface area contributed by atoms with Crippen molar-refractivity contribution in [1.29, 1.82) is 0 Å². The predicted molar refractivity (Wildman–Crippen MR) is 84.7 cm³/mol. The third kappa shape index (κ3) is 3.43. The second-order valence-electron chi connectivity index (χ2n) is 4.63. The van der Waals surface area contributed by atoms with E-state index in [0.29, 0.717) is 26.9 Å². The maximum Gasteiger partial charge on any atom is 0.338 e. The largest absolute Gasteiger partial charge is 0.458 e. The molecule has 1 aromatic carbocycles.